The number of pyridine rings is 1. The standard InChI is InChI=1S/C56H37N3/c1-36-12-8-23-51(57-36)44-20-10-19-43(30-44)37-24-26-38(27-25-37)46-31-47(50-34-45-21-9-17-41-28-29-42-18-11-22-49(50)55(42)54(41)45)33-48(32-46)56-58-52(39-13-4-2-5-14-39)35-53(59-56)40-15-6-3-7-16-40/h2-35H,1H3. The lowest BCUT2D eigenvalue weighted by molar-refractivity contribution is 1.18. The molecule has 0 amide bonds. The zero-order valence-electron chi connectivity index (χ0n) is 32.5. The van der Waals surface area contributed by atoms with Crippen LogP contribution in [0.2, 0.25) is 0 Å². The van der Waals surface area contributed by atoms with E-state index in [4.69, 9.17) is 15.0 Å². The third-order valence-electron chi connectivity index (χ3n) is 11.5. The summed E-state index contributed by atoms with van der Waals surface area (Å²) in [5, 5.41) is 7.57. The second-order valence-electron chi connectivity index (χ2n) is 15.3. The number of rotatable bonds is 7. The Hall–Kier alpha value is -7.75. The maximum Gasteiger partial charge on any atom is 0.160 e. The number of hydrogen-bond donors (Lipinski definition) is 0. The Bertz CT molecular complexity index is 3260. The molecule has 11 rings (SSSR count). The summed E-state index contributed by atoms with van der Waals surface area (Å²) in [4.78, 5) is 15.3. The number of hydrogen-bond acceptors (Lipinski definition) is 3. The minimum Gasteiger partial charge on any atom is -0.253 e. The average molecular weight is 752 g/mol. The molecule has 0 N–H and O–H groups in total. The Labute approximate surface area is 343 Å². The fourth-order valence-electron chi connectivity index (χ4n) is 8.59. The van der Waals surface area contributed by atoms with E-state index >= 15 is 0 Å². The van der Waals surface area contributed by atoms with E-state index < -0.39 is 0 Å². The van der Waals surface area contributed by atoms with Crippen molar-refractivity contribution in [2.45, 2.75) is 6.92 Å². The van der Waals surface area contributed by atoms with Crippen LogP contribution < -0.4 is 0 Å². The van der Waals surface area contributed by atoms with Gasteiger partial charge < -0.3 is 0 Å². The van der Waals surface area contributed by atoms with Crippen molar-refractivity contribution in [3.8, 4) is 78.5 Å². The fraction of sp³-hybridized carbons (Fsp3) is 0.0179. The molecule has 0 bridgehead atoms. The van der Waals surface area contributed by atoms with Crippen molar-refractivity contribution in [3.63, 3.8) is 0 Å². The third kappa shape index (κ3) is 6.40. The van der Waals surface area contributed by atoms with Crippen LogP contribution in [0.4, 0.5) is 0 Å². The lowest BCUT2D eigenvalue weighted by Crippen LogP contribution is -1.97. The SMILES string of the molecule is Cc1cccc(-c2cccc(-c3ccc(-c4cc(-c5nc(-c6ccccc6)cc(-c6ccccc6)n5)cc(-c5cc6cccc7ccc8cccc5c8c76)c4)cc3)c2)n1. The molecule has 0 spiro atoms. The number of aryl methyl sites for hydroxylation is 1. The van der Waals surface area contributed by atoms with Gasteiger partial charge in [0.05, 0.1) is 17.1 Å². The Morgan fingerprint density at radius 1 is 0.288 bits per heavy atom. The highest BCUT2D eigenvalue weighted by molar-refractivity contribution is 6.26. The average Bonchev–Trinajstić information content (AvgIpc) is 3.31. The van der Waals surface area contributed by atoms with Gasteiger partial charge in [0.1, 0.15) is 0 Å². The van der Waals surface area contributed by atoms with Crippen molar-refractivity contribution >= 4 is 32.3 Å². The third-order valence-corrected chi connectivity index (χ3v) is 11.5. The molecule has 0 saturated heterocycles. The van der Waals surface area contributed by atoms with E-state index in [9.17, 15) is 0 Å². The van der Waals surface area contributed by atoms with Gasteiger partial charge in [-0.2, -0.15) is 0 Å². The Morgan fingerprint density at radius 2 is 0.831 bits per heavy atom. The number of benzene rings is 9. The van der Waals surface area contributed by atoms with Crippen molar-refractivity contribution in [3.05, 3.63) is 212 Å². The zero-order chi connectivity index (χ0) is 39.3. The molecule has 11 aromatic rings. The highest BCUT2D eigenvalue weighted by Gasteiger charge is 2.17. The molecule has 0 aliphatic heterocycles. The van der Waals surface area contributed by atoms with Gasteiger partial charge >= 0.3 is 0 Å². The lowest BCUT2D eigenvalue weighted by atomic mass is 9.87. The molecule has 3 heteroatoms. The van der Waals surface area contributed by atoms with Gasteiger partial charge in [0.15, 0.2) is 5.82 Å². The Morgan fingerprint density at radius 3 is 1.54 bits per heavy atom. The lowest BCUT2D eigenvalue weighted by Gasteiger charge is -2.17. The predicted octanol–water partition coefficient (Wildman–Crippen LogP) is 14.7. The van der Waals surface area contributed by atoms with Crippen molar-refractivity contribution in [1.29, 1.82) is 0 Å². The molecule has 0 saturated carbocycles. The van der Waals surface area contributed by atoms with Gasteiger partial charge in [-0.3, -0.25) is 4.98 Å². The molecule has 0 aliphatic rings. The molecule has 276 valence electrons. The summed E-state index contributed by atoms with van der Waals surface area (Å²) in [5.41, 5.74) is 14.7. The molecule has 9 aromatic carbocycles. The second kappa shape index (κ2) is 14.3. The summed E-state index contributed by atoms with van der Waals surface area (Å²) in [6.45, 7) is 2.03. The summed E-state index contributed by atoms with van der Waals surface area (Å²) in [6, 6.07) is 73.6. The van der Waals surface area contributed by atoms with Gasteiger partial charge in [-0.1, -0.05) is 158 Å². The van der Waals surface area contributed by atoms with Crippen LogP contribution in [0.3, 0.4) is 0 Å². The zero-order valence-corrected chi connectivity index (χ0v) is 32.5. The summed E-state index contributed by atoms with van der Waals surface area (Å²) < 4.78 is 0. The first-order chi connectivity index (χ1) is 29.1. The van der Waals surface area contributed by atoms with Crippen LogP contribution in [0, 0.1) is 6.92 Å². The molecule has 3 nitrogen and oxygen atoms in total. The van der Waals surface area contributed by atoms with E-state index in [0.29, 0.717) is 5.82 Å². The smallest absolute Gasteiger partial charge is 0.160 e. The summed E-state index contributed by atoms with van der Waals surface area (Å²) >= 11 is 0. The molecule has 2 aromatic heterocycles. The Kier molecular flexibility index (Phi) is 8.37. The van der Waals surface area contributed by atoms with Gasteiger partial charge in [0.25, 0.3) is 0 Å². The minimum atomic E-state index is 0.684. The summed E-state index contributed by atoms with van der Waals surface area (Å²) in [6.07, 6.45) is 0. The quantitative estimate of drug-likeness (QED) is 0.152. The van der Waals surface area contributed by atoms with E-state index in [1.165, 1.54) is 37.9 Å². The van der Waals surface area contributed by atoms with Crippen molar-refractivity contribution < 1.29 is 0 Å². The predicted molar refractivity (Wildman–Crippen MR) is 246 cm³/mol. The topological polar surface area (TPSA) is 38.7 Å². The van der Waals surface area contributed by atoms with E-state index in [1.807, 2.05) is 25.1 Å². The van der Waals surface area contributed by atoms with Crippen molar-refractivity contribution in [2.75, 3.05) is 0 Å². The van der Waals surface area contributed by atoms with Crippen molar-refractivity contribution in [2.24, 2.45) is 0 Å². The van der Waals surface area contributed by atoms with E-state index in [-0.39, 0.29) is 0 Å². The molecule has 0 fully saturated rings. The van der Waals surface area contributed by atoms with Gasteiger partial charge in [-0.25, -0.2) is 9.97 Å². The Balaban J connectivity index is 1.11. The van der Waals surface area contributed by atoms with Gasteiger partial charge in [-0.15, -0.1) is 0 Å². The van der Waals surface area contributed by atoms with E-state index in [2.05, 4.69) is 188 Å². The molecular formula is C56H37N3. The molecule has 0 aliphatic carbocycles. The first kappa shape index (κ1) is 34.5. The van der Waals surface area contributed by atoms with E-state index in [0.717, 1.165) is 72.8 Å². The largest absolute Gasteiger partial charge is 0.253 e. The number of nitrogens with zero attached hydrogens (tertiary/aromatic N) is 3. The van der Waals surface area contributed by atoms with Crippen LogP contribution in [0.5, 0.6) is 0 Å². The summed E-state index contributed by atoms with van der Waals surface area (Å²) in [7, 11) is 0. The highest BCUT2D eigenvalue weighted by Crippen LogP contribution is 2.42. The fourth-order valence-corrected chi connectivity index (χ4v) is 8.59. The normalized spacial score (nSPS) is 11.5. The highest BCUT2D eigenvalue weighted by atomic mass is 14.9. The van der Waals surface area contributed by atoms with Crippen LogP contribution >= 0.6 is 0 Å². The second-order valence-corrected chi connectivity index (χ2v) is 15.3. The molecule has 0 unspecified atom stereocenters. The van der Waals surface area contributed by atoms with E-state index in [1.54, 1.807) is 0 Å². The van der Waals surface area contributed by atoms with Gasteiger partial charge in [0, 0.05) is 27.9 Å². The minimum absolute atomic E-state index is 0.684. The van der Waals surface area contributed by atoms with Crippen LogP contribution in [0.1, 0.15) is 5.69 Å². The van der Waals surface area contributed by atoms with Crippen LogP contribution in [0.15, 0.2) is 206 Å². The molecule has 0 atom stereocenters. The number of aromatic nitrogens is 3. The molecular weight excluding hydrogens is 715 g/mol. The van der Waals surface area contributed by atoms with Crippen LogP contribution in [-0.4, -0.2) is 15.0 Å². The van der Waals surface area contributed by atoms with Crippen LogP contribution in [0.25, 0.3) is 111 Å². The van der Waals surface area contributed by atoms with Crippen LogP contribution in [-0.2, 0) is 0 Å². The molecule has 0 radical (unpaired) electrons. The monoisotopic (exact) mass is 751 g/mol. The molecule has 59 heavy (non-hydrogen) atoms. The molecule has 2 heterocycles. The van der Waals surface area contributed by atoms with Gasteiger partial charge in [-0.05, 0) is 121 Å². The first-order valence-electron chi connectivity index (χ1n) is 20.1. The van der Waals surface area contributed by atoms with Gasteiger partial charge in [0.2, 0.25) is 0 Å². The maximum absolute atomic E-state index is 5.28. The maximum atomic E-state index is 5.28. The summed E-state index contributed by atoms with van der Waals surface area (Å²) in [5.74, 6) is 0.684. The first-order valence-corrected chi connectivity index (χ1v) is 20.1. The van der Waals surface area contributed by atoms with Crippen molar-refractivity contribution in [1.82, 2.24) is 15.0 Å².